The first kappa shape index (κ1) is 26.6. The number of nitriles is 1. The van der Waals surface area contributed by atoms with Crippen LogP contribution in [-0.4, -0.2) is 103 Å². The number of hydrogen-bond donors (Lipinski definition) is 1. The van der Waals surface area contributed by atoms with Gasteiger partial charge in [-0.25, -0.2) is 9.37 Å². The van der Waals surface area contributed by atoms with Crippen molar-refractivity contribution >= 4 is 28.4 Å². The van der Waals surface area contributed by atoms with Crippen molar-refractivity contribution < 1.29 is 9.13 Å². The zero-order valence-electron chi connectivity index (χ0n) is 23.1. The predicted molar refractivity (Wildman–Crippen MR) is 154 cm³/mol. The maximum atomic E-state index is 14.0. The lowest BCUT2D eigenvalue weighted by Crippen LogP contribution is -2.54. The number of pyridine rings is 1. The van der Waals surface area contributed by atoms with Crippen LogP contribution in [0.25, 0.3) is 10.9 Å². The fourth-order valence-electron chi connectivity index (χ4n) is 6.11. The van der Waals surface area contributed by atoms with Gasteiger partial charge in [0.1, 0.15) is 18.1 Å². The molecule has 3 aromatic rings. The number of benzene rings is 1. The number of hydrogen-bond acceptors (Lipinski definition) is 10. The summed E-state index contributed by atoms with van der Waals surface area (Å²) in [5.74, 6) is 1.44. The van der Waals surface area contributed by atoms with Crippen LogP contribution in [0.1, 0.15) is 18.2 Å². The summed E-state index contributed by atoms with van der Waals surface area (Å²) in [7, 11) is 0. The highest BCUT2D eigenvalue weighted by Gasteiger charge is 2.33. The van der Waals surface area contributed by atoms with E-state index >= 15 is 0 Å². The van der Waals surface area contributed by atoms with Crippen LogP contribution >= 0.6 is 0 Å². The van der Waals surface area contributed by atoms with Crippen LogP contribution in [0, 0.1) is 18.3 Å². The summed E-state index contributed by atoms with van der Waals surface area (Å²) in [4.78, 5) is 22.8. The van der Waals surface area contributed by atoms with Crippen molar-refractivity contribution in [3.63, 3.8) is 0 Å². The van der Waals surface area contributed by atoms with Gasteiger partial charge in [-0.2, -0.15) is 10.2 Å². The maximum absolute atomic E-state index is 14.0. The number of nitrogens with zero attached hydrogens (tertiary/aromatic N) is 8. The van der Waals surface area contributed by atoms with Gasteiger partial charge in [0, 0.05) is 81.4 Å². The van der Waals surface area contributed by atoms with Crippen LogP contribution < -0.4 is 20.4 Å². The summed E-state index contributed by atoms with van der Waals surface area (Å²) in [5.41, 5.74) is 9.19. The second-order valence-corrected chi connectivity index (χ2v) is 11.2. The molecule has 3 aliphatic rings. The van der Waals surface area contributed by atoms with Crippen molar-refractivity contribution in [2.24, 2.45) is 5.73 Å². The molecule has 3 fully saturated rings. The number of piperazine rings is 1. The van der Waals surface area contributed by atoms with Crippen molar-refractivity contribution in [2.75, 3.05) is 73.6 Å². The molecule has 40 heavy (non-hydrogen) atoms. The molecule has 0 unspecified atom stereocenters. The van der Waals surface area contributed by atoms with E-state index in [0.717, 1.165) is 73.9 Å². The molecule has 2 N–H and O–H groups in total. The highest BCUT2D eigenvalue weighted by molar-refractivity contribution is 5.95. The number of aryl methyl sites for hydroxylation is 1. The molecule has 10 nitrogen and oxygen atoms in total. The van der Waals surface area contributed by atoms with Gasteiger partial charge in [0.25, 0.3) is 0 Å². The summed E-state index contributed by atoms with van der Waals surface area (Å²) in [6.45, 7) is 10.7. The Bertz CT molecular complexity index is 1400. The molecular weight excluding hydrogens is 509 g/mol. The molecule has 3 aliphatic heterocycles. The van der Waals surface area contributed by atoms with E-state index in [1.165, 1.54) is 0 Å². The first-order valence-electron chi connectivity index (χ1n) is 14.0. The van der Waals surface area contributed by atoms with E-state index in [9.17, 15) is 9.65 Å². The molecule has 0 spiro atoms. The molecule has 0 amide bonds. The Morgan fingerprint density at radius 3 is 2.62 bits per heavy atom. The van der Waals surface area contributed by atoms with Crippen LogP contribution in [0.4, 0.5) is 21.8 Å². The zero-order chi connectivity index (χ0) is 27.8. The molecule has 0 bridgehead atoms. The van der Waals surface area contributed by atoms with Crippen molar-refractivity contribution in [1.29, 1.82) is 5.26 Å². The maximum Gasteiger partial charge on any atom is 0.227 e. The van der Waals surface area contributed by atoms with E-state index in [0.29, 0.717) is 18.1 Å². The van der Waals surface area contributed by atoms with Crippen LogP contribution in [0.5, 0.6) is 0 Å². The van der Waals surface area contributed by atoms with Crippen molar-refractivity contribution in [3.05, 3.63) is 47.8 Å². The van der Waals surface area contributed by atoms with Crippen LogP contribution in [0.3, 0.4) is 0 Å². The molecule has 210 valence electrons. The first-order valence-corrected chi connectivity index (χ1v) is 14.0. The number of morpholine rings is 1. The average Bonchev–Trinajstić information content (AvgIpc) is 3.30. The minimum atomic E-state index is -1.05. The number of alkyl halides is 1. The summed E-state index contributed by atoms with van der Waals surface area (Å²) in [6, 6.07) is 11.6. The van der Waals surface area contributed by atoms with Crippen LogP contribution in [0.15, 0.2) is 36.5 Å². The molecule has 11 heteroatoms. The fourth-order valence-corrected chi connectivity index (χ4v) is 6.11. The molecule has 5 heterocycles. The minimum Gasteiger partial charge on any atom is -0.370 e. The number of halogens is 1. The van der Waals surface area contributed by atoms with Gasteiger partial charge in [-0.05, 0) is 38.1 Å². The molecule has 0 saturated carbocycles. The van der Waals surface area contributed by atoms with E-state index in [4.69, 9.17) is 15.5 Å². The summed E-state index contributed by atoms with van der Waals surface area (Å²) in [5, 5.41) is 10.5. The smallest absolute Gasteiger partial charge is 0.227 e. The van der Waals surface area contributed by atoms with Gasteiger partial charge in [0.05, 0.1) is 35.9 Å². The molecule has 0 aliphatic carbocycles. The van der Waals surface area contributed by atoms with Gasteiger partial charge < -0.3 is 25.2 Å². The molecule has 6 rings (SSSR count). The number of rotatable bonds is 5. The number of fused-ring (bicyclic) bond motifs is 1. The van der Waals surface area contributed by atoms with E-state index in [1.807, 2.05) is 42.2 Å². The summed E-state index contributed by atoms with van der Waals surface area (Å²) >= 11 is 0. The molecular formula is C29H36FN9O. The van der Waals surface area contributed by atoms with Gasteiger partial charge in [-0.15, -0.1) is 0 Å². The highest BCUT2D eigenvalue weighted by atomic mass is 19.1. The van der Waals surface area contributed by atoms with E-state index in [2.05, 4.69) is 37.7 Å². The Balaban J connectivity index is 1.10. The average molecular weight is 546 g/mol. The van der Waals surface area contributed by atoms with Crippen molar-refractivity contribution in [2.45, 2.75) is 38.3 Å². The summed E-state index contributed by atoms with van der Waals surface area (Å²) < 4.78 is 20.4. The van der Waals surface area contributed by atoms with E-state index in [-0.39, 0.29) is 18.8 Å². The SMILES string of the molecule is Cc1cc(N2CCN(C[C@H]3CN(c4ccc(C#N)c5ncccc45)C[C@@H](C)O3)CC2)nc(N2C[C@@H](F)[C@@H](N)C2)n1. The molecule has 4 atom stereocenters. The largest absolute Gasteiger partial charge is 0.370 e. The fraction of sp³-hybridized carbons (Fsp3) is 0.517. The van der Waals surface area contributed by atoms with Crippen molar-refractivity contribution in [1.82, 2.24) is 19.9 Å². The lowest BCUT2D eigenvalue weighted by Gasteiger charge is -2.42. The third-order valence-corrected chi connectivity index (χ3v) is 8.09. The number of ether oxygens (including phenoxy) is 1. The number of anilines is 3. The van der Waals surface area contributed by atoms with Gasteiger partial charge in [-0.1, -0.05) is 0 Å². The third kappa shape index (κ3) is 5.39. The van der Waals surface area contributed by atoms with Gasteiger partial charge in [0.15, 0.2) is 0 Å². The number of aromatic nitrogens is 3. The first-order chi connectivity index (χ1) is 19.4. The second-order valence-electron chi connectivity index (χ2n) is 11.2. The monoisotopic (exact) mass is 545 g/mol. The summed E-state index contributed by atoms with van der Waals surface area (Å²) in [6.07, 6.45) is 0.845. The normalized spacial score (nSPS) is 25.9. The molecule has 3 saturated heterocycles. The second kappa shape index (κ2) is 11.1. The van der Waals surface area contributed by atoms with Crippen molar-refractivity contribution in [3.8, 4) is 6.07 Å². The minimum absolute atomic E-state index is 0.0681. The zero-order valence-corrected chi connectivity index (χ0v) is 23.1. The highest BCUT2D eigenvalue weighted by Crippen LogP contribution is 2.30. The van der Waals surface area contributed by atoms with Gasteiger partial charge in [0.2, 0.25) is 5.95 Å². The van der Waals surface area contributed by atoms with E-state index < -0.39 is 12.2 Å². The Hall–Kier alpha value is -3.59. The lowest BCUT2D eigenvalue weighted by atomic mass is 10.1. The van der Waals surface area contributed by atoms with Crippen LogP contribution in [0.2, 0.25) is 0 Å². The Kier molecular flexibility index (Phi) is 7.40. The van der Waals surface area contributed by atoms with Gasteiger partial charge >= 0.3 is 0 Å². The van der Waals surface area contributed by atoms with Gasteiger partial charge in [-0.3, -0.25) is 9.88 Å². The lowest BCUT2D eigenvalue weighted by molar-refractivity contribution is -0.0327. The Labute approximate surface area is 234 Å². The van der Waals surface area contributed by atoms with Crippen LogP contribution in [-0.2, 0) is 4.74 Å². The number of nitrogens with two attached hydrogens (primary N) is 1. The Morgan fingerprint density at radius 1 is 1.05 bits per heavy atom. The van der Waals surface area contributed by atoms with E-state index in [1.54, 1.807) is 6.20 Å². The topological polar surface area (TPSA) is 111 Å². The predicted octanol–water partition coefficient (Wildman–Crippen LogP) is 2.11. The molecule has 1 aromatic carbocycles. The Morgan fingerprint density at radius 2 is 1.88 bits per heavy atom. The third-order valence-electron chi connectivity index (χ3n) is 8.09. The molecule has 0 radical (unpaired) electrons. The quantitative estimate of drug-likeness (QED) is 0.512. The molecule has 2 aromatic heterocycles. The standard InChI is InChI=1S/C29H36FN9O/c1-19-12-27(35-29(34-19)39-17-24(30)25(32)18-39)37-10-8-36(9-11-37)15-22-16-38(14-20(2)40-22)26-6-5-21(13-31)28-23(26)4-3-7-33-28/h3-7,12,20,22,24-25H,8-11,14-18,32H2,1-2H3/t20-,22+,24-,25+/m1/s1.